The molecule has 1 saturated heterocycles. The third-order valence-corrected chi connectivity index (χ3v) is 6.29. The zero-order valence-electron chi connectivity index (χ0n) is 19.5. The van der Waals surface area contributed by atoms with Gasteiger partial charge in [0.15, 0.2) is 0 Å². The number of amides is 3. The number of nitrogens with zero attached hydrogens (tertiary/aromatic N) is 1. The van der Waals surface area contributed by atoms with Crippen LogP contribution in [0.5, 0.6) is 11.5 Å². The van der Waals surface area contributed by atoms with Gasteiger partial charge in [0.25, 0.3) is 11.8 Å². The number of ether oxygens (including phenoxy) is 3. The predicted octanol–water partition coefficient (Wildman–Crippen LogP) is 2.46. The van der Waals surface area contributed by atoms with Gasteiger partial charge in [-0.2, -0.15) is 0 Å². The molecule has 0 radical (unpaired) electrons. The number of hydrogen-bond acceptors (Lipinski definition) is 6. The number of rotatable bonds is 5. The van der Waals surface area contributed by atoms with Gasteiger partial charge >= 0.3 is 0 Å². The summed E-state index contributed by atoms with van der Waals surface area (Å²) in [6.07, 6.45) is 1.12. The molecule has 4 rings (SSSR count). The molecule has 3 atom stereocenters. The molecule has 34 heavy (non-hydrogen) atoms. The zero-order chi connectivity index (χ0) is 24.2. The van der Waals surface area contributed by atoms with Gasteiger partial charge in [-0.3, -0.25) is 14.4 Å². The third kappa shape index (κ3) is 4.99. The van der Waals surface area contributed by atoms with Crippen molar-refractivity contribution in [3.63, 3.8) is 0 Å². The molecular weight excluding hydrogens is 438 g/mol. The largest absolute Gasteiger partial charge is 0.497 e. The van der Waals surface area contributed by atoms with Crippen LogP contribution < -0.4 is 20.1 Å². The molecule has 180 valence electrons. The molecule has 0 spiro atoms. The summed E-state index contributed by atoms with van der Waals surface area (Å²) in [6, 6.07) is 11.7. The van der Waals surface area contributed by atoms with E-state index in [1.807, 2.05) is 0 Å². The summed E-state index contributed by atoms with van der Waals surface area (Å²) in [6.45, 7) is 0.259. The second-order valence-corrected chi connectivity index (χ2v) is 8.44. The van der Waals surface area contributed by atoms with Crippen LogP contribution in [0, 0.1) is 0 Å². The monoisotopic (exact) mass is 467 g/mol. The Hall–Kier alpha value is -3.59. The fourth-order valence-electron chi connectivity index (χ4n) is 4.38. The van der Waals surface area contributed by atoms with E-state index in [1.165, 1.54) is 7.11 Å². The van der Waals surface area contributed by atoms with E-state index < -0.39 is 0 Å². The number of fused-ring (bicyclic) bond motifs is 2. The molecule has 0 aliphatic carbocycles. The number of benzene rings is 2. The van der Waals surface area contributed by atoms with Gasteiger partial charge in [-0.1, -0.05) is 6.07 Å². The molecule has 9 heteroatoms. The summed E-state index contributed by atoms with van der Waals surface area (Å²) < 4.78 is 17.3. The Labute approximate surface area is 198 Å². The summed E-state index contributed by atoms with van der Waals surface area (Å²) in [5.74, 6) is 0.405. The van der Waals surface area contributed by atoms with E-state index in [-0.39, 0.29) is 49.0 Å². The van der Waals surface area contributed by atoms with E-state index in [0.29, 0.717) is 41.2 Å². The first-order valence-corrected chi connectivity index (χ1v) is 11.2. The molecule has 3 amide bonds. The van der Waals surface area contributed by atoms with Crippen molar-refractivity contribution in [3.05, 3.63) is 53.6 Å². The maximum Gasteiger partial charge on any atom is 0.257 e. The van der Waals surface area contributed by atoms with Crippen molar-refractivity contribution in [2.75, 3.05) is 33.1 Å². The number of carbonyl (C=O) groups excluding carboxylic acids is 3. The molecule has 2 aromatic carbocycles. The molecule has 0 unspecified atom stereocenters. The van der Waals surface area contributed by atoms with Crippen LogP contribution in [0.3, 0.4) is 0 Å². The number of anilines is 1. The Morgan fingerprint density at radius 2 is 2.00 bits per heavy atom. The van der Waals surface area contributed by atoms with Crippen LogP contribution in [0.15, 0.2) is 42.5 Å². The summed E-state index contributed by atoms with van der Waals surface area (Å²) in [7, 11) is 4.89. The molecule has 0 saturated carbocycles. The lowest BCUT2D eigenvalue weighted by Gasteiger charge is -2.42. The molecule has 0 aromatic heterocycles. The van der Waals surface area contributed by atoms with Crippen LogP contribution in [0.2, 0.25) is 0 Å². The molecular formula is C25H29N3O6. The lowest BCUT2D eigenvalue weighted by Crippen LogP contribution is -2.53. The van der Waals surface area contributed by atoms with E-state index in [2.05, 4.69) is 10.6 Å². The normalized spacial score (nSPS) is 21.8. The first-order valence-electron chi connectivity index (χ1n) is 11.2. The highest BCUT2D eigenvalue weighted by Crippen LogP contribution is 2.32. The SMILES string of the molecule is CNC(=O)C[C@@H]1CC[C@H]2[C@H](COc3ccc(NC(=O)c4cccc(OC)c4)cc3C(=O)N2C)O1. The van der Waals surface area contributed by atoms with Crippen molar-refractivity contribution in [3.8, 4) is 11.5 Å². The Kier molecular flexibility index (Phi) is 7.02. The van der Waals surface area contributed by atoms with E-state index in [0.717, 1.165) is 0 Å². The average molecular weight is 468 g/mol. The Balaban J connectivity index is 1.51. The lowest BCUT2D eigenvalue weighted by atomic mass is 9.94. The minimum Gasteiger partial charge on any atom is -0.497 e. The molecule has 2 aliphatic heterocycles. The maximum atomic E-state index is 13.3. The van der Waals surface area contributed by atoms with E-state index in [9.17, 15) is 14.4 Å². The van der Waals surface area contributed by atoms with Crippen molar-refractivity contribution in [2.45, 2.75) is 37.5 Å². The molecule has 0 bridgehead atoms. The van der Waals surface area contributed by atoms with Crippen molar-refractivity contribution in [1.82, 2.24) is 10.2 Å². The van der Waals surface area contributed by atoms with Gasteiger partial charge in [0, 0.05) is 25.3 Å². The Morgan fingerprint density at radius 1 is 1.18 bits per heavy atom. The van der Waals surface area contributed by atoms with Crippen LogP contribution in [0.4, 0.5) is 5.69 Å². The van der Waals surface area contributed by atoms with Crippen molar-refractivity contribution < 1.29 is 28.6 Å². The van der Waals surface area contributed by atoms with Crippen LogP contribution in [-0.4, -0.2) is 68.7 Å². The number of hydrogen-bond donors (Lipinski definition) is 2. The van der Waals surface area contributed by atoms with Gasteiger partial charge < -0.3 is 29.7 Å². The highest BCUT2D eigenvalue weighted by Gasteiger charge is 2.39. The molecule has 9 nitrogen and oxygen atoms in total. The first-order chi connectivity index (χ1) is 16.4. The van der Waals surface area contributed by atoms with Gasteiger partial charge in [-0.05, 0) is 49.2 Å². The molecule has 2 heterocycles. The highest BCUT2D eigenvalue weighted by molar-refractivity contribution is 6.05. The molecule has 1 fully saturated rings. The fourth-order valence-corrected chi connectivity index (χ4v) is 4.38. The number of likely N-dealkylation sites (N-methyl/N-ethyl adjacent to an activating group) is 1. The van der Waals surface area contributed by atoms with Gasteiger partial charge in [0.05, 0.1) is 31.2 Å². The second-order valence-electron chi connectivity index (χ2n) is 8.44. The van der Waals surface area contributed by atoms with Crippen LogP contribution in [0.25, 0.3) is 0 Å². The predicted molar refractivity (Wildman–Crippen MR) is 125 cm³/mol. The van der Waals surface area contributed by atoms with Crippen LogP contribution >= 0.6 is 0 Å². The summed E-state index contributed by atoms with van der Waals surface area (Å²) in [4.78, 5) is 39.5. The third-order valence-electron chi connectivity index (χ3n) is 6.29. The molecule has 2 aromatic rings. The molecule has 2 N–H and O–H groups in total. The smallest absolute Gasteiger partial charge is 0.257 e. The number of methoxy groups -OCH3 is 1. The van der Waals surface area contributed by atoms with Crippen molar-refractivity contribution in [1.29, 1.82) is 0 Å². The topological polar surface area (TPSA) is 106 Å². The van der Waals surface area contributed by atoms with E-state index in [1.54, 1.807) is 61.5 Å². The van der Waals surface area contributed by atoms with E-state index in [4.69, 9.17) is 14.2 Å². The zero-order valence-corrected chi connectivity index (χ0v) is 19.5. The van der Waals surface area contributed by atoms with Gasteiger partial charge in [-0.15, -0.1) is 0 Å². The van der Waals surface area contributed by atoms with Crippen LogP contribution in [-0.2, 0) is 9.53 Å². The number of nitrogens with one attached hydrogen (secondary N) is 2. The summed E-state index contributed by atoms with van der Waals surface area (Å²) in [5, 5.41) is 5.45. The Bertz CT molecular complexity index is 1090. The van der Waals surface area contributed by atoms with Gasteiger partial charge in [0.2, 0.25) is 5.91 Å². The van der Waals surface area contributed by atoms with Crippen LogP contribution in [0.1, 0.15) is 40.0 Å². The van der Waals surface area contributed by atoms with Gasteiger partial charge in [0.1, 0.15) is 24.2 Å². The Morgan fingerprint density at radius 3 is 2.76 bits per heavy atom. The average Bonchev–Trinajstić information content (AvgIpc) is 2.86. The van der Waals surface area contributed by atoms with E-state index >= 15 is 0 Å². The summed E-state index contributed by atoms with van der Waals surface area (Å²) in [5.41, 5.74) is 1.30. The second kappa shape index (κ2) is 10.1. The highest BCUT2D eigenvalue weighted by atomic mass is 16.5. The molecule has 2 aliphatic rings. The lowest BCUT2D eigenvalue weighted by molar-refractivity contribution is -0.133. The maximum absolute atomic E-state index is 13.3. The first kappa shape index (κ1) is 23.6. The van der Waals surface area contributed by atoms with Crippen molar-refractivity contribution >= 4 is 23.4 Å². The minimum atomic E-state index is -0.335. The summed E-state index contributed by atoms with van der Waals surface area (Å²) >= 11 is 0. The minimum absolute atomic E-state index is 0.0755. The fraction of sp³-hybridized carbons (Fsp3) is 0.400. The quantitative estimate of drug-likeness (QED) is 0.700. The van der Waals surface area contributed by atoms with Gasteiger partial charge in [-0.25, -0.2) is 0 Å². The number of carbonyl (C=O) groups is 3. The standard InChI is InChI=1S/C25H29N3O6/c1-26-23(29)13-18-8-9-20-22(34-18)14-33-21-10-7-16(12-19(21)25(31)28(20)2)27-24(30)15-5-4-6-17(11-15)32-3/h4-7,10-12,18,20,22H,8-9,13-14H2,1-3H3,(H,26,29)(H,27,30)/t18-,20-,22-/m0/s1. The van der Waals surface area contributed by atoms with Crippen molar-refractivity contribution in [2.24, 2.45) is 0 Å².